The van der Waals surface area contributed by atoms with Crippen LogP contribution in [-0.2, 0) is 21.2 Å². The normalized spacial score (nSPS) is 16.5. The van der Waals surface area contributed by atoms with E-state index >= 15 is 0 Å². The zero-order valence-electron chi connectivity index (χ0n) is 10.8. The van der Waals surface area contributed by atoms with Gasteiger partial charge in [0.15, 0.2) is 0 Å². The Morgan fingerprint density at radius 2 is 2.11 bits per heavy atom. The molecule has 0 aromatic carbocycles. The van der Waals surface area contributed by atoms with Crippen molar-refractivity contribution in [2.45, 2.75) is 42.9 Å². The second-order valence-electron chi connectivity index (χ2n) is 5.39. The van der Waals surface area contributed by atoms with Crippen molar-refractivity contribution in [2.75, 3.05) is 0 Å². The Labute approximate surface area is 116 Å². The molecule has 1 saturated carbocycles. The third kappa shape index (κ3) is 3.55. The van der Waals surface area contributed by atoms with Gasteiger partial charge in [-0.2, -0.15) is 0 Å². The Bertz CT molecular complexity index is 585. The topological polar surface area (TPSA) is 83.5 Å². The molecule has 0 bridgehead atoms. The monoisotopic (exact) mass is 303 g/mol. The molecule has 0 aliphatic heterocycles. The molecule has 2 N–H and O–H groups in total. The lowest BCUT2D eigenvalue weighted by Crippen LogP contribution is -2.44. The molecule has 19 heavy (non-hydrogen) atoms. The van der Waals surface area contributed by atoms with Gasteiger partial charge in [0.25, 0.3) is 10.0 Å². The molecule has 7 heteroatoms. The fourth-order valence-corrected chi connectivity index (χ4v) is 4.85. The van der Waals surface area contributed by atoms with E-state index in [1.165, 1.54) is 6.07 Å². The number of carboxylic acid groups (broad SMARTS) is 1. The van der Waals surface area contributed by atoms with Crippen molar-refractivity contribution in [3.63, 3.8) is 0 Å². The summed E-state index contributed by atoms with van der Waals surface area (Å²) in [5.41, 5.74) is -0.449. The summed E-state index contributed by atoms with van der Waals surface area (Å²) in [7, 11) is -3.56. The summed E-state index contributed by atoms with van der Waals surface area (Å²) in [6.07, 6.45) is 1.95. The first kappa shape index (κ1) is 14.5. The van der Waals surface area contributed by atoms with Crippen LogP contribution in [0, 0.1) is 5.92 Å². The van der Waals surface area contributed by atoms with E-state index < -0.39 is 21.5 Å². The van der Waals surface area contributed by atoms with Crippen molar-refractivity contribution in [3.8, 4) is 0 Å². The summed E-state index contributed by atoms with van der Waals surface area (Å²) in [6.45, 7) is 3.77. The Hall–Kier alpha value is -0.920. The largest absolute Gasteiger partial charge is 0.481 e. The van der Waals surface area contributed by atoms with Gasteiger partial charge in [0, 0.05) is 10.4 Å². The third-order valence-corrected chi connectivity index (χ3v) is 6.47. The van der Waals surface area contributed by atoms with E-state index in [9.17, 15) is 13.2 Å². The van der Waals surface area contributed by atoms with E-state index in [4.69, 9.17) is 5.11 Å². The number of hydrogen-bond acceptors (Lipinski definition) is 4. The van der Waals surface area contributed by atoms with Gasteiger partial charge in [-0.1, -0.05) is 0 Å². The van der Waals surface area contributed by atoms with Gasteiger partial charge in [0.1, 0.15) is 4.21 Å². The minimum Gasteiger partial charge on any atom is -0.481 e. The smallest absolute Gasteiger partial charge is 0.308 e. The fraction of sp³-hybridized carbons (Fsp3) is 0.583. The molecule has 0 amide bonds. The van der Waals surface area contributed by atoms with Crippen molar-refractivity contribution >= 4 is 27.3 Å². The summed E-state index contributed by atoms with van der Waals surface area (Å²) in [5.74, 6) is -0.571. The summed E-state index contributed by atoms with van der Waals surface area (Å²) >= 11 is 1.01. The maximum Gasteiger partial charge on any atom is 0.308 e. The van der Waals surface area contributed by atoms with Gasteiger partial charge in [-0.05, 0) is 44.7 Å². The second-order valence-corrected chi connectivity index (χ2v) is 8.47. The van der Waals surface area contributed by atoms with E-state index in [1.54, 1.807) is 6.07 Å². The third-order valence-electron chi connectivity index (χ3n) is 3.22. The number of rotatable bonds is 6. The molecule has 0 atom stereocenters. The number of hydrogen-bond donors (Lipinski definition) is 2. The average molecular weight is 303 g/mol. The predicted molar refractivity (Wildman–Crippen MR) is 72.8 cm³/mol. The molecule has 1 aliphatic carbocycles. The molecule has 1 aromatic heterocycles. The maximum absolute atomic E-state index is 12.2. The van der Waals surface area contributed by atoms with Crippen LogP contribution in [0.15, 0.2) is 16.3 Å². The van der Waals surface area contributed by atoms with Crippen LogP contribution in [0.4, 0.5) is 0 Å². The fourth-order valence-electron chi connectivity index (χ4n) is 2.03. The Kier molecular flexibility index (Phi) is 3.72. The predicted octanol–water partition coefficient (Wildman–Crippen LogP) is 1.84. The molecule has 0 unspecified atom stereocenters. The molecule has 1 aliphatic rings. The molecule has 1 fully saturated rings. The van der Waals surface area contributed by atoms with Crippen molar-refractivity contribution in [1.82, 2.24) is 4.72 Å². The quantitative estimate of drug-likeness (QED) is 0.840. The minimum atomic E-state index is -3.56. The summed E-state index contributed by atoms with van der Waals surface area (Å²) in [4.78, 5) is 11.1. The molecule has 2 rings (SSSR count). The van der Waals surface area contributed by atoms with Crippen LogP contribution in [-0.4, -0.2) is 25.0 Å². The second kappa shape index (κ2) is 4.88. The molecule has 0 saturated heterocycles. The number of aliphatic carboxylic acids is 1. The Morgan fingerprint density at radius 3 is 2.63 bits per heavy atom. The van der Waals surface area contributed by atoms with Crippen molar-refractivity contribution in [1.29, 1.82) is 0 Å². The van der Waals surface area contributed by atoms with Gasteiger partial charge in [-0.3, -0.25) is 4.79 Å². The first-order chi connectivity index (χ1) is 8.71. The van der Waals surface area contributed by atoms with Gasteiger partial charge in [-0.25, -0.2) is 13.1 Å². The highest BCUT2D eigenvalue weighted by atomic mass is 32.2. The lowest BCUT2D eigenvalue weighted by Gasteiger charge is -2.25. The Morgan fingerprint density at radius 1 is 1.47 bits per heavy atom. The van der Waals surface area contributed by atoms with Gasteiger partial charge >= 0.3 is 5.97 Å². The van der Waals surface area contributed by atoms with Crippen LogP contribution in [0.5, 0.6) is 0 Å². The number of nitrogens with one attached hydrogen (secondary N) is 1. The van der Waals surface area contributed by atoms with Gasteiger partial charge in [0.05, 0.1) is 6.42 Å². The molecular formula is C12H17NO4S2. The molecule has 106 valence electrons. The number of carbonyl (C=O) groups is 1. The number of thiophene rings is 1. The molecular weight excluding hydrogens is 286 g/mol. The van der Waals surface area contributed by atoms with Crippen LogP contribution in [0.25, 0.3) is 0 Å². The van der Waals surface area contributed by atoms with Crippen LogP contribution in [0.1, 0.15) is 31.6 Å². The minimum absolute atomic E-state index is 0.147. The van der Waals surface area contributed by atoms with Crippen molar-refractivity contribution in [3.05, 3.63) is 17.0 Å². The van der Waals surface area contributed by atoms with Gasteiger partial charge in [0.2, 0.25) is 0 Å². The number of sulfonamides is 1. The van der Waals surface area contributed by atoms with E-state index in [2.05, 4.69) is 4.72 Å². The highest BCUT2D eigenvalue weighted by molar-refractivity contribution is 7.91. The molecule has 0 spiro atoms. The van der Waals surface area contributed by atoms with Crippen LogP contribution >= 0.6 is 11.3 Å². The standard InChI is InChI=1S/C12H17NO4S2/c1-12(2,8-3-4-8)13-19(16,17)11-6-5-9(18-11)7-10(14)15/h5-6,8,13H,3-4,7H2,1-2H3,(H,14,15). The van der Waals surface area contributed by atoms with Crippen molar-refractivity contribution < 1.29 is 18.3 Å². The maximum atomic E-state index is 12.2. The zero-order chi connectivity index (χ0) is 14.3. The SMILES string of the molecule is CC(C)(NS(=O)(=O)c1ccc(CC(=O)O)s1)C1CC1. The summed E-state index contributed by atoms with van der Waals surface area (Å²) in [6, 6.07) is 3.02. The average Bonchev–Trinajstić information content (AvgIpc) is 2.99. The van der Waals surface area contributed by atoms with Crippen molar-refractivity contribution in [2.24, 2.45) is 5.92 Å². The van der Waals surface area contributed by atoms with Crippen LogP contribution in [0.2, 0.25) is 0 Å². The molecule has 1 aromatic rings. The molecule has 5 nitrogen and oxygen atoms in total. The molecule has 1 heterocycles. The lowest BCUT2D eigenvalue weighted by molar-refractivity contribution is -0.136. The summed E-state index contributed by atoms with van der Waals surface area (Å²) in [5, 5.41) is 8.69. The lowest BCUT2D eigenvalue weighted by atomic mass is 10.0. The van der Waals surface area contributed by atoms with Gasteiger partial charge < -0.3 is 5.11 Å². The van der Waals surface area contributed by atoms with Gasteiger partial charge in [-0.15, -0.1) is 11.3 Å². The van der Waals surface area contributed by atoms with E-state index in [1.807, 2.05) is 13.8 Å². The van der Waals surface area contributed by atoms with Crippen LogP contribution in [0.3, 0.4) is 0 Å². The number of carboxylic acids is 1. The highest BCUT2D eigenvalue weighted by Crippen LogP contribution is 2.40. The van der Waals surface area contributed by atoms with E-state index in [0.29, 0.717) is 10.8 Å². The first-order valence-electron chi connectivity index (χ1n) is 6.05. The summed E-state index contributed by atoms with van der Waals surface area (Å²) < 4.78 is 27.4. The first-order valence-corrected chi connectivity index (χ1v) is 8.35. The van der Waals surface area contributed by atoms with E-state index in [0.717, 1.165) is 24.2 Å². The van der Waals surface area contributed by atoms with E-state index in [-0.39, 0.29) is 10.6 Å². The highest BCUT2D eigenvalue weighted by Gasteiger charge is 2.40. The zero-order valence-corrected chi connectivity index (χ0v) is 12.5. The Balaban J connectivity index is 2.15. The van der Waals surface area contributed by atoms with Crippen LogP contribution < -0.4 is 4.72 Å². The molecule has 0 radical (unpaired) electrons.